The van der Waals surface area contributed by atoms with Crippen LogP contribution in [0.3, 0.4) is 0 Å². The minimum Gasteiger partial charge on any atom is -0.330 e. The quantitative estimate of drug-likeness (QED) is 0.475. The molecule has 1 aromatic rings. The van der Waals surface area contributed by atoms with Crippen molar-refractivity contribution in [2.45, 2.75) is 57.4 Å². The molecule has 9 heteroatoms. The molecule has 1 saturated heterocycles. The summed E-state index contributed by atoms with van der Waals surface area (Å²) >= 11 is 0. The van der Waals surface area contributed by atoms with Crippen LogP contribution in [0.25, 0.3) is 0 Å². The van der Waals surface area contributed by atoms with Crippen molar-refractivity contribution < 1.29 is 24.0 Å². The number of pyridine rings is 1. The average molecular weight is 406 g/mol. The summed E-state index contributed by atoms with van der Waals surface area (Å²) in [5, 5.41) is 11.5. The number of halogens is 1. The normalized spacial score (nSPS) is 20.5. The second-order valence-electron chi connectivity index (χ2n) is 7.86. The van der Waals surface area contributed by atoms with Crippen LogP contribution in [0, 0.1) is 17.7 Å². The highest BCUT2D eigenvalue weighted by Gasteiger charge is 2.38. The number of amides is 3. The van der Waals surface area contributed by atoms with Crippen LogP contribution < -0.4 is 10.8 Å². The van der Waals surface area contributed by atoms with E-state index in [2.05, 4.69) is 10.3 Å². The molecule has 0 radical (unpaired) electrons. The largest absolute Gasteiger partial charge is 0.330 e. The predicted octanol–water partition coefficient (Wildman–Crippen LogP) is 2.24. The van der Waals surface area contributed by atoms with Crippen molar-refractivity contribution in [1.82, 2.24) is 15.4 Å². The number of likely N-dealkylation sites (tertiary alicyclic amines) is 1. The summed E-state index contributed by atoms with van der Waals surface area (Å²) in [6.45, 7) is 0.440. The van der Waals surface area contributed by atoms with E-state index in [4.69, 9.17) is 5.21 Å². The summed E-state index contributed by atoms with van der Waals surface area (Å²) in [6.07, 6.45) is 7.00. The number of hydroxylamine groups is 1. The Balaban J connectivity index is 1.68. The smallest absolute Gasteiger partial charge is 0.248 e. The second-order valence-corrected chi connectivity index (χ2v) is 7.86. The first-order valence-electron chi connectivity index (χ1n) is 10.1. The lowest BCUT2D eigenvalue weighted by molar-refractivity contribution is -0.143. The van der Waals surface area contributed by atoms with Crippen molar-refractivity contribution in [2.75, 3.05) is 11.9 Å². The van der Waals surface area contributed by atoms with Gasteiger partial charge in [-0.1, -0.05) is 25.7 Å². The zero-order chi connectivity index (χ0) is 20.8. The van der Waals surface area contributed by atoms with Gasteiger partial charge in [0.2, 0.25) is 17.7 Å². The number of carbonyl (C=O) groups is 3. The van der Waals surface area contributed by atoms with Gasteiger partial charge in [0.05, 0.1) is 6.20 Å². The first-order valence-corrected chi connectivity index (χ1v) is 10.1. The molecule has 29 heavy (non-hydrogen) atoms. The van der Waals surface area contributed by atoms with Crippen LogP contribution in [-0.2, 0) is 14.4 Å². The van der Waals surface area contributed by atoms with Crippen LogP contribution in [0.4, 0.5) is 10.2 Å². The minimum atomic E-state index is -0.655. The van der Waals surface area contributed by atoms with Crippen LogP contribution in [-0.4, -0.2) is 45.4 Å². The SMILES string of the molecule is O=C(C[C@@H](CC1CCCC1)C(=O)N1CCC[C@H]1C(=O)Nc1ccc(F)cn1)NO. The molecule has 158 valence electrons. The third-order valence-electron chi connectivity index (χ3n) is 5.82. The number of anilines is 1. The van der Waals surface area contributed by atoms with E-state index < -0.39 is 23.7 Å². The number of nitrogens with one attached hydrogen (secondary N) is 2. The zero-order valence-corrected chi connectivity index (χ0v) is 16.3. The summed E-state index contributed by atoms with van der Waals surface area (Å²) in [4.78, 5) is 43.0. The van der Waals surface area contributed by atoms with E-state index in [1.165, 1.54) is 17.0 Å². The molecule has 3 amide bonds. The van der Waals surface area contributed by atoms with E-state index in [0.29, 0.717) is 31.7 Å². The topological polar surface area (TPSA) is 112 Å². The molecular weight excluding hydrogens is 379 g/mol. The van der Waals surface area contributed by atoms with Gasteiger partial charge in [0.1, 0.15) is 17.7 Å². The number of carbonyl (C=O) groups excluding carboxylic acids is 3. The Kier molecular flexibility index (Phi) is 7.13. The van der Waals surface area contributed by atoms with Gasteiger partial charge in [-0.15, -0.1) is 0 Å². The fraction of sp³-hybridized carbons (Fsp3) is 0.600. The van der Waals surface area contributed by atoms with Gasteiger partial charge in [0.15, 0.2) is 0 Å². The van der Waals surface area contributed by atoms with Gasteiger partial charge >= 0.3 is 0 Å². The van der Waals surface area contributed by atoms with Crippen molar-refractivity contribution >= 4 is 23.5 Å². The molecule has 3 rings (SSSR count). The fourth-order valence-corrected chi connectivity index (χ4v) is 4.39. The van der Waals surface area contributed by atoms with Crippen molar-refractivity contribution in [3.05, 3.63) is 24.1 Å². The second kappa shape index (κ2) is 9.78. The average Bonchev–Trinajstić information content (AvgIpc) is 3.40. The number of rotatable bonds is 7. The molecule has 2 heterocycles. The lowest BCUT2D eigenvalue weighted by atomic mass is 9.89. The summed E-state index contributed by atoms with van der Waals surface area (Å²) in [6, 6.07) is 1.91. The molecule has 3 N–H and O–H groups in total. The van der Waals surface area contributed by atoms with Crippen LogP contribution in [0.1, 0.15) is 51.4 Å². The molecule has 0 unspecified atom stereocenters. The van der Waals surface area contributed by atoms with Gasteiger partial charge in [-0.05, 0) is 37.3 Å². The zero-order valence-electron chi connectivity index (χ0n) is 16.3. The number of nitrogens with zero attached hydrogens (tertiary/aromatic N) is 2. The van der Waals surface area contributed by atoms with E-state index in [0.717, 1.165) is 31.9 Å². The van der Waals surface area contributed by atoms with E-state index in [-0.39, 0.29) is 24.1 Å². The highest BCUT2D eigenvalue weighted by Crippen LogP contribution is 2.33. The molecule has 0 bridgehead atoms. The predicted molar refractivity (Wildman–Crippen MR) is 102 cm³/mol. The van der Waals surface area contributed by atoms with Gasteiger partial charge in [-0.3, -0.25) is 19.6 Å². The fourth-order valence-electron chi connectivity index (χ4n) is 4.39. The van der Waals surface area contributed by atoms with Gasteiger partial charge in [-0.25, -0.2) is 14.9 Å². The monoisotopic (exact) mass is 406 g/mol. The highest BCUT2D eigenvalue weighted by molar-refractivity contribution is 5.97. The molecule has 8 nitrogen and oxygen atoms in total. The lowest BCUT2D eigenvalue weighted by Gasteiger charge is -2.29. The molecular formula is C20H27FN4O4. The third kappa shape index (κ3) is 5.50. The van der Waals surface area contributed by atoms with Crippen LogP contribution in [0.5, 0.6) is 0 Å². The summed E-state index contributed by atoms with van der Waals surface area (Å²) in [7, 11) is 0. The maximum absolute atomic E-state index is 13.2. The summed E-state index contributed by atoms with van der Waals surface area (Å²) in [5.41, 5.74) is 1.61. The highest BCUT2D eigenvalue weighted by atomic mass is 19.1. The molecule has 1 saturated carbocycles. The Morgan fingerprint density at radius 1 is 1.21 bits per heavy atom. The molecule has 2 fully saturated rings. The van der Waals surface area contributed by atoms with E-state index in [1.807, 2.05) is 0 Å². The Labute approximate surface area is 168 Å². The molecule has 1 aliphatic heterocycles. The van der Waals surface area contributed by atoms with E-state index in [9.17, 15) is 18.8 Å². The van der Waals surface area contributed by atoms with Crippen LogP contribution in [0.2, 0.25) is 0 Å². The Morgan fingerprint density at radius 2 is 1.97 bits per heavy atom. The number of aromatic nitrogens is 1. The van der Waals surface area contributed by atoms with Gasteiger partial charge in [0, 0.05) is 18.9 Å². The third-order valence-corrected chi connectivity index (χ3v) is 5.82. The number of hydrogen-bond acceptors (Lipinski definition) is 5. The Hall–Kier alpha value is -2.55. The number of hydrogen-bond donors (Lipinski definition) is 3. The maximum atomic E-state index is 13.2. The molecule has 0 spiro atoms. The Bertz CT molecular complexity index is 737. The lowest BCUT2D eigenvalue weighted by Crippen LogP contribution is -2.46. The summed E-state index contributed by atoms with van der Waals surface area (Å²) < 4.78 is 13.0. The Morgan fingerprint density at radius 3 is 2.62 bits per heavy atom. The van der Waals surface area contributed by atoms with Crippen molar-refractivity contribution in [3.8, 4) is 0 Å². The van der Waals surface area contributed by atoms with Gasteiger partial charge < -0.3 is 10.2 Å². The van der Waals surface area contributed by atoms with Crippen LogP contribution >= 0.6 is 0 Å². The standard InChI is InChI=1S/C20H27FN4O4/c21-15-7-8-17(22-12-15)23-19(27)16-6-3-9-25(16)20(28)14(11-18(26)24-29)10-13-4-1-2-5-13/h7-8,12-14,16,29H,1-6,9-11H2,(H,24,26)(H,22,23,27)/t14-,16+/m1/s1. The molecule has 1 aromatic heterocycles. The first-order chi connectivity index (χ1) is 14.0. The van der Waals surface area contributed by atoms with Gasteiger partial charge in [-0.2, -0.15) is 0 Å². The van der Waals surface area contributed by atoms with Crippen molar-refractivity contribution in [3.63, 3.8) is 0 Å². The van der Waals surface area contributed by atoms with Crippen LogP contribution in [0.15, 0.2) is 18.3 Å². The van der Waals surface area contributed by atoms with E-state index in [1.54, 1.807) is 5.48 Å². The molecule has 2 atom stereocenters. The molecule has 0 aromatic carbocycles. The maximum Gasteiger partial charge on any atom is 0.248 e. The molecule has 2 aliphatic rings. The van der Waals surface area contributed by atoms with Crippen molar-refractivity contribution in [2.24, 2.45) is 11.8 Å². The summed E-state index contributed by atoms with van der Waals surface area (Å²) in [5.74, 6) is -1.67. The van der Waals surface area contributed by atoms with Gasteiger partial charge in [0.25, 0.3) is 0 Å². The first kappa shape index (κ1) is 21.2. The van der Waals surface area contributed by atoms with Crippen molar-refractivity contribution in [1.29, 1.82) is 0 Å². The minimum absolute atomic E-state index is 0.101. The van der Waals surface area contributed by atoms with E-state index >= 15 is 0 Å². The molecule has 1 aliphatic carbocycles.